The van der Waals surface area contributed by atoms with Gasteiger partial charge in [0.1, 0.15) is 0 Å². The fourth-order valence-corrected chi connectivity index (χ4v) is 0.923. The summed E-state index contributed by atoms with van der Waals surface area (Å²) in [6.45, 7) is 10.1. The molecule has 0 fully saturated rings. The van der Waals surface area contributed by atoms with E-state index in [0.717, 1.165) is 6.42 Å². The quantitative estimate of drug-likeness (QED) is 0.536. The maximum absolute atomic E-state index is 3.80. The summed E-state index contributed by atoms with van der Waals surface area (Å²) in [7, 11) is 0. The lowest BCUT2D eigenvalue weighted by molar-refractivity contribution is 0.714. The Kier molecular flexibility index (Phi) is 4.60. The molecule has 11 heavy (non-hydrogen) atoms. The minimum atomic E-state index is 0.0464. The maximum Gasteiger partial charge on any atom is 0.0210 e. The van der Waals surface area contributed by atoms with Crippen LogP contribution in [0.2, 0.25) is 0 Å². The third kappa shape index (κ3) is 3.82. The van der Waals surface area contributed by atoms with Crippen LogP contribution in [0.25, 0.3) is 0 Å². The molecule has 0 aliphatic rings. The predicted octanol–water partition coefficient (Wildman–Crippen LogP) is 3.72. The summed E-state index contributed by atoms with van der Waals surface area (Å²) in [6, 6.07) is 0. The van der Waals surface area contributed by atoms with Gasteiger partial charge in [-0.15, -0.1) is 6.58 Å². The summed E-state index contributed by atoms with van der Waals surface area (Å²) < 4.78 is 0. The standard InChI is InChI=1S/C11H18/c1-5-8-10-11(4,7-3)9-6-2/h6-10H,3,5H2,1-2,4H3. The van der Waals surface area contributed by atoms with Crippen molar-refractivity contribution < 1.29 is 0 Å². The molecule has 0 bridgehead atoms. The van der Waals surface area contributed by atoms with E-state index in [1.54, 1.807) is 0 Å². The smallest absolute Gasteiger partial charge is 0.0210 e. The highest BCUT2D eigenvalue weighted by molar-refractivity contribution is 5.17. The molecule has 0 saturated heterocycles. The molecule has 0 heterocycles. The second-order valence-electron chi connectivity index (χ2n) is 2.88. The largest absolute Gasteiger partial charge is 0.102 e. The van der Waals surface area contributed by atoms with Gasteiger partial charge in [0.2, 0.25) is 0 Å². The number of hydrogen-bond donors (Lipinski definition) is 0. The lowest BCUT2D eigenvalue weighted by Crippen LogP contribution is -2.03. The Bertz CT molecular complexity index is 163. The van der Waals surface area contributed by atoms with Crippen molar-refractivity contribution in [1.82, 2.24) is 0 Å². The summed E-state index contributed by atoms with van der Waals surface area (Å²) in [6.07, 6.45) is 11.6. The third-order valence-corrected chi connectivity index (χ3v) is 1.68. The Morgan fingerprint density at radius 3 is 2.36 bits per heavy atom. The van der Waals surface area contributed by atoms with Gasteiger partial charge in [-0.25, -0.2) is 0 Å². The van der Waals surface area contributed by atoms with Crippen LogP contribution < -0.4 is 0 Å². The fraction of sp³-hybridized carbons (Fsp3) is 0.455. The molecule has 0 heteroatoms. The zero-order valence-corrected chi connectivity index (χ0v) is 7.80. The Labute approximate surface area is 70.3 Å². The lowest BCUT2D eigenvalue weighted by atomic mass is 9.90. The maximum atomic E-state index is 3.80. The number of hydrogen-bond acceptors (Lipinski definition) is 0. The van der Waals surface area contributed by atoms with Crippen LogP contribution >= 0.6 is 0 Å². The van der Waals surface area contributed by atoms with Crippen molar-refractivity contribution in [2.45, 2.75) is 27.2 Å². The Morgan fingerprint density at radius 2 is 2.00 bits per heavy atom. The molecule has 1 unspecified atom stereocenters. The van der Waals surface area contributed by atoms with Crippen LogP contribution in [-0.2, 0) is 0 Å². The van der Waals surface area contributed by atoms with Gasteiger partial charge >= 0.3 is 0 Å². The highest BCUT2D eigenvalue weighted by atomic mass is 14.1. The van der Waals surface area contributed by atoms with E-state index in [1.807, 2.05) is 13.0 Å². The van der Waals surface area contributed by atoms with Crippen molar-refractivity contribution in [2.75, 3.05) is 0 Å². The first-order chi connectivity index (χ1) is 5.18. The fourth-order valence-electron chi connectivity index (χ4n) is 0.923. The van der Waals surface area contributed by atoms with Gasteiger partial charge < -0.3 is 0 Å². The number of rotatable bonds is 4. The van der Waals surface area contributed by atoms with Crippen LogP contribution in [0, 0.1) is 5.41 Å². The number of allylic oxidation sites excluding steroid dienone is 5. The van der Waals surface area contributed by atoms with Gasteiger partial charge in [0, 0.05) is 5.41 Å². The van der Waals surface area contributed by atoms with Crippen LogP contribution in [0.4, 0.5) is 0 Å². The van der Waals surface area contributed by atoms with E-state index < -0.39 is 0 Å². The van der Waals surface area contributed by atoms with Crippen LogP contribution in [0.3, 0.4) is 0 Å². The summed E-state index contributed by atoms with van der Waals surface area (Å²) >= 11 is 0. The van der Waals surface area contributed by atoms with Gasteiger partial charge in [-0.3, -0.25) is 0 Å². The zero-order valence-electron chi connectivity index (χ0n) is 7.80. The SMILES string of the molecule is C=CC(C)(C=CC)C=CCC. The van der Waals surface area contributed by atoms with E-state index in [1.165, 1.54) is 0 Å². The average Bonchev–Trinajstić information content (AvgIpc) is 2.02. The second kappa shape index (κ2) is 4.95. The van der Waals surface area contributed by atoms with Gasteiger partial charge in [0.15, 0.2) is 0 Å². The van der Waals surface area contributed by atoms with Crippen LogP contribution in [-0.4, -0.2) is 0 Å². The summed E-state index contributed by atoms with van der Waals surface area (Å²) in [5.41, 5.74) is 0.0464. The van der Waals surface area contributed by atoms with Gasteiger partial charge in [-0.05, 0) is 20.3 Å². The van der Waals surface area contributed by atoms with Gasteiger partial charge in [0.25, 0.3) is 0 Å². The molecule has 0 saturated carbocycles. The van der Waals surface area contributed by atoms with Gasteiger partial charge in [-0.2, -0.15) is 0 Å². The van der Waals surface area contributed by atoms with Crippen molar-refractivity contribution in [3.63, 3.8) is 0 Å². The highest BCUT2D eigenvalue weighted by Crippen LogP contribution is 2.21. The van der Waals surface area contributed by atoms with Crippen molar-refractivity contribution in [2.24, 2.45) is 5.41 Å². The molecule has 0 aromatic rings. The first kappa shape index (κ1) is 10.2. The van der Waals surface area contributed by atoms with Crippen molar-refractivity contribution in [3.05, 3.63) is 37.0 Å². The van der Waals surface area contributed by atoms with E-state index in [2.05, 4.69) is 44.7 Å². The van der Waals surface area contributed by atoms with Crippen molar-refractivity contribution in [3.8, 4) is 0 Å². The molecule has 0 aromatic carbocycles. The summed E-state index contributed by atoms with van der Waals surface area (Å²) in [5.74, 6) is 0. The van der Waals surface area contributed by atoms with Crippen LogP contribution in [0.5, 0.6) is 0 Å². The third-order valence-electron chi connectivity index (χ3n) is 1.68. The minimum absolute atomic E-state index is 0.0464. The molecule has 0 radical (unpaired) electrons. The Balaban J connectivity index is 4.33. The molecular weight excluding hydrogens is 132 g/mol. The molecule has 0 aromatic heterocycles. The molecule has 0 aliphatic carbocycles. The van der Waals surface area contributed by atoms with E-state index >= 15 is 0 Å². The molecule has 0 aliphatic heterocycles. The van der Waals surface area contributed by atoms with E-state index in [9.17, 15) is 0 Å². The molecular formula is C11H18. The molecule has 62 valence electrons. The molecule has 0 N–H and O–H groups in total. The minimum Gasteiger partial charge on any atom is -0.102 e. The molecule has 1 atom stereocenters. The predicted molar refractivity (Wildman–Crippen MR) is 52.5 cm³/mol. The lowest BCUT2D eigenvalue weighted by Gasteiger charge is -2.15. The Hall–Kier alpha value is -0.780. The highest BCUT2D eigenvalue weighted by Gasteiger charge is 2.09. The zero-order chi connectivity index (χ0) is 8.74. The average molecular weight is 150 g/mol. The van der Waals surface area contributed by atoms with E-state index in [0.29, 0.717) is 0 Å². The molecule has 0 amide bonds. The first-order valence-electron chi connectivity index (χ1n) is 4.13. The normalized spacial score (nSPS) is 17.4. The second-order valence-corrected chi connectivity index (χ2v) is 2.88. The first-order valence-corrected chi connectivity index (χ1v) is 4.13. The van der Waals surface area contributed by atoms with Crippen LogP contribution in [0.15, 0.2) is 37.0 Å². The molecule has 0 spiro atoms. The monoisotopic (exact) mass is 150 g/mol. The molecule has 0 rings (SSSR count). The van der Waals surface area contributed by atoms with E-state index in [4.69, 9.17) is 0 Å². The van der Waals surface area contributed by atoms with E-state index in [-0.39, 0.29) is 5.41 Å². The van der Waals surface area contributed by atoms with Gasteiger partial charge in [-0.1, -0.05) is 37.3 Å². The topological polar surface area (TPSA) is 0 Å². The Morgan fingerprint density at radius 1 is 1.36 bits per heavy atom. The van der Waals surface area contributed by atoms with Crippen molar-refractivity contribution >= 4 is 0 Å². The van der Waals surface area contributed by atoms with Crippen LogP contribution in [0.1, 0.15) is 27.2 Å². The van der Waals surface area contributed by atoms with Crippen molar-refractivity contribution in [1.29, 1.82) is 0 Å². The summed E-state index contributed by atoms with van der Waals surface area (Å²) in [5, 5.41) is 0. The molecule has 0 nitrogen and oxygen atoms in total. The van der Waals surface area contributed by atoms with Gasteiger partial charge in [0.05, 0.1) is 0 Å². The summed E-state index contributed by atoms with van der Waals surface area (Å²) in [4.78, 5) is 0.